The van der Waals surface area contributed by atoms with Gasteiger partial charge in [-0.3, -0.25) is 19.3 Å². The van der Waals surface area contributed by atoms with Crippen LogP contribution in [0.15, 0.2) is 64.0 Å². The number of carbonyl (C=O) groups is 3. The second-order valence-electron chi connectivity index (χ2n) is 7.86. The first-order chi connectivity index (χ1) is 18.2. The molecule has 1 saturated heterocycles. The van der Waals surface area contributed by atoms with Gasteiger partial charge in [-0.05, 0) is 98.3 Å². The molecule has 1 aliphatic heterocycles. The van der Waals surface area contributed by atoms with Gasteiger partial charge in [-0.1, -0.05) is 29.8 Å². The van der Waals surface area contributed by atoms with Crippen LogP contribution in [0.5, 0.6) is 11.5 Å². The third-order valence-corrected chi connectivity index (χ3v) is 8.20. The number of amides is 3. The van der Waals surface area contributed by atoms with Gasteiger partial charge >= 0.3 is 0 Å². The van der Waals surface area contributed by atoms with E-state index in [1.54, 1.807) is 54.6 Å². The maximum Gasteiger partial charge on any atom is 0.294 e. The first-order valence-corrected chi connectivity index (χ1v) is 14.0. The lowest BCUT2D eigenvalue weighted by Crippen LogP contribution is -2.36. The Balaban J connectivity index is 1.47. The van der Waals surface area contributed by atoms with Crippen molar-refractivity contribution in [3.63, 3.8) is 0 Å². The fourth-order valence-corrected chi connectivity index (χ4v) is 5.48. The molecular weight excluding hydrogens is 714 g/mol. The molecule has 1 N–H and O–H groups in total. The summed E-state index contributed by atoms with van der Waals surface area (Å²) in [5.74, 6) is -0.696. The standard InChI is InChI=1S/C26H18BrClFIN2O5S/c1-36-21-9-14(8-20(30)24(21)37-13-15-4-2-3-5-19(15)29)10-22-25(34)32(26(35)38-22)12-23(33)31-16-6-7-17(27)18(28)11-16/h2-11H,12-13H2,1H3,(H,31,33)/b22-10+. The van der Waals surface area contributed by atoms with E-state index in [1.807, 2.05) is 0 Å². The van der Waals surface area contributed by atoms with E-state index in [0.717, 1.165) is 16.7 Å². The van der Waals surface area contributed by atoms with Crippen LogP contribution >= 0.6 is 61.9 Å². The highest BCUT2D eigenvalue weighted by atomic mass is 127. The number of rotatable bonds is 8. The molecule has 3 amide bonds. The van der Waals surface area contributed by atoms with Gasteiger partial charge in [0.15, 0.2) is 11.5 Å². The maximum absolute atomic E-state index is 14.0. The van der Waals surface area contributed by atoms with E-state index in [4.69, 9.17) is 21.1 Å². The minimum absolute atomic E-state index is 0.00575. The molecule has 3 aromatic carbocycles. The van der Waals surface area contributed by atoms with Gasteiger partial charge in [0.2, 0.25) is 5.91 Å². The van der Waals surface area contributed by atoms with Crippen molar-refractivity contribution in [2.75, 3.05) is 19.0 Å². The van der Waals surface area contributed by atoms with Gasteiger partial charge in [0.05, 0.1) is 20.6 Å². The largest absolute Gasteiger partial charge is 0.493 e. The van der Waals surface area contributed by atoms with Gasteiger partial charge in [-0.25, -0.2) is 4.39 Å². The van der Waals surface area contributed by atoms with E-state index in [-0.39, 0.29) is 17.3 Å². The van der Waals surface area contributed by atoms with Crippen LogP contribution in [-0.4, -0.2) is 35.6 Å². The summed E-state index contributed by atoms with van der Waals surface area (Å²) in [6.45, 7) is -0.439. The lowest BCUT2D eigenvalue weighted by molar-refractivity contribution is -0.127. The number of ether oxygens (including phenoxy) is 2. The number of nitrogens with one attached hydrogen (secondary N) is 1. The summed E-state index contributed by atoms with van der Waals surface area (Å²) in [4.78, 5) is 38.9. The van der Waals surface area contributed by atoms with Crippen molar-refractivity contribution in [1.82, 2.24) is 4.90 Å². The number of benzene rings is 3. The van der Waals surface area contributed by atoms with Gasteiger partial charge in [-0.2, -0.15) is 0 Å². The Morgan fingerprint density at radius 3 is 2.68 bits per heavy atom. The molecule has 196 valence electrons. The third-order valence-electron chi connectivity index (χ3n) is 5.26. The van der Waals surface area contributed by atoms with Crippen LogP contribution in [0.1, 0.15) is 11.1 Å². The Bertz CT molecular complexity index is 1470. The molecule has 1 heterocycles. The highest BCUT2D eigenvalue weighted by molar-refractivity contribution is 14.1. The molecule has 3 aromatic rings. The first-order valence-electron chi connectivity index (χ1n) is 10.9. The molecule has 0 aromatic heterocycles. The van der Waals surface area contributed by atoms with Crippen LogP contribution in [0.3, 0.4) is 0 Å². The summed E-state index contributed by atoms with van der Waals surface area (Å²) in [6, 6.07) is 14.6. The Labute approximate surface area is 249 Å². The fraction of sp³-hybridized carbons (Fsp3) is 0.115. The maximum atomic E-state index is 14.0. The zero-order chi connectivity index (χ0) is 27.4. The van der Waals surface area contributed by atoms with Crippen molar-refractivity contribution in [3.05, 3.63) is 89.5 Å². The number of halogens is 4. The quantitative estimate of drug-likeness (QED) is 0.197. The van der Waals surface area contributed by atoms with E-state index in [2.05, 4.69) is 43.8 Å². The second kappa shape index (κ2) is 12.5. The number of hydrogen-bond donors (Lipinski definition) is 1. The molecule has 7 nitrogen and oxygen atoms in total. The smallest absolute Gasteiger partial charge is 0.294 e. The fourth-order valence-electron chi connectivity index (χ4n) is 3.43. The number of thioether (sulfide) groups is 1. The Hall–Kier alpha value is -2.61. The molecule has 12 heteroatoms. The summed E-state index contributed by atoms with van der Waals surface area (Å²) in [6.07, 6.45) is 1.54. The summed E-state index contributed by atoms with van der Waals surface area (Å²) in [5.41, 5.74) is 1.42. The zero-order valence-corrected chi connectivity index (χ0v) is 24.9. The summed E-state index contributed by atoms with van der Waals surface area (Å²) in [5, 5.41) is 2.47. The Kier molecular flexibility index (Phi) is 9.34. The minimum Gasteiger partial charge on any atom is -0.493 e. The van der Waals surface area contributed by atoms with Crippen LogP contribution < -0.4 is 14.8 Å². The molecular formula is C26H18BrClFIN2O5S. The molecule has 0 atom stereocenters. The lowest BCUT2D eigenvalue weighted by Gasteiger charge is -2.14. The van der Waals surface area contributed by atoms with Crippen molar-refractivity contribution in [3.8, 4) is 11.5 Å². The molecule has 0 saturated carbocycles. The van der Waals surface area contributed by atoms with Crippen LogP contribution in [0, 0.1) is 9.39 Å². The number of anilines is 1. The van der Waals surface area contributed by atoms with E-state index in [1.165, 1.54) is 13.2 Å². The minimum atomic E-state index is -0.585. The van der Waals surface area contributed by atoms with E-state index in [0.29, 0.717) is 41.4 Å². The van der Waals surface area contributed by atoms with Crippen molar-refractivity contribution < 1.29 is 28.2 Å². The molecule has 4 rings (SSSR count). The predicted molar refractivity (Wildman–Crippen MR) is 157 cm³/mol. The highest BCUT2D eigenvalue weighted by Crippen LogP contribution is 2.38. The van der Waals surface area contributed by atoms with E-state index in [9.17, 15) is 18.8 Å². The van der Waals surface area contributed by atoms with Crippen LogP contribution in [-0.2, 0) is 16.2 Å². The van der Waals surface area contributed by atoms with E-state index >= 15 is 0 Å². The first kappa shape index (κ1) is 28.4. The average molecular weight is 732 g/mol. The molecule has 0 aliphatic carbocycles. The molecule has 38 heavy (non-hydrogen) atoms. The number of imide groups is 1. The Morgan fingerprint density at radius 2 is 1.97 bits per heavy atom. The molecule has 1 aliphatic rings. The van der Waals surface area contributed by atoms with Crippen molar-refractivity contribution >= 4 is 90.7 Å². The SMILES string of the molecule is COc1cc(/C=C2/SC(=O)N(CC(=O)Nc3ccc(Br)c(Cl)c3)C2=O)cc(I)c1OCc1ccccc1F. The number of methoxy groups -OCH3 is 1. The third kappa shape index (κ3) is 6.68. The molecule has 1 fully saturated rings. The van der Waals surface area contributed by atoms with Crippen molar-refractivity contribution in [2.24, 2.45) is 0 Å². The van der Waals surface area contributed by atoms with Gasteiger partial charge in [0.1, 0.15) is 19.0 Å². The normalized spacial score (nSPS) is 14.2. The van der Waals surface area contributed by atoms with E-state index < -0.39 is 23.6 Å². The predicted octanol–water partition coefficient (Wildman–Crippen LogP) is 7.11. The van der Waals surface area contributed by atoms with Gasteiger partial charge in [0, 0.05) is 15.7 Å². The van der Waals surface area contributed by atoms with Crippen LogP contribution in [0.2, 0.25) is 5.02 Å². The van der Waals surface area contributed by atoms with Crippen molar-refractivity contribution in [1.29, 1.82) is 0 Å². The van der Waals surface area contributed by atoms with Crippen molar-refractivity contribution in [2.45, 2.75) is 6.61 Å². The topological polar surface area (TPSA) is 84.9 Å². The number of carbonyl (C=O) groups excluding carboxylic acids is 3. The van der Waals surface area contributed by atoms with Crippen LogP contribution in [0.25, 0.3) is 6.08 Å². The monoisotopic (exact) mass is 730 g/mol. The van der Waals surface area contributed by atoms with Gasteiger partial charge in [-0.15, -0.1) is 0 Å². The zero-order valence-electron chi connectivity index (χ0n) is 19.6. The Morgan fingerprint density at radius 1 is 1.21 bits per heavy atom. The number of nitrogens with zero attached hydrogens (tertiary/aromatic N) is 1. The summed E-state index contributed by atoms with van der Waals surface area (Å²) in [7, 11) is 1.47. The van der Waals surface area contributed by atoms with Crippen LogP contribution in [0.4, 0.5) is 14.9 Å². The second-order valence-corrected chi connectivity index (χ2v) is 11.3. The molecule has 0 spiro atoms. The molecule has 0 bridgehead atoms. The highest BCUT2D eigenvalue weighted by Gasteiger charge is 2.36. The lowest BCUT2D eigenvalue weighted by atomic mass is 10.1. The van der Waals surface area contributed by atoms with Gasteiger partial charge in [0.25, 0.3) is 11.1 Å². The number of hydrogen-bond acceptors (Lipinski definition) is 6. The average Bonchev–Trinajstić information content (AvgIpc) is 3.13. The van der Waals surface area contributed by atoms with Gasteiger partial charge < -0.3 is 14.8 Å². The summed E-state index contributed by atoms with van der Waals surface area (Å²) < 4.78 is 26.6. The molecule has 0 radical (unpaired) electrons. The molecule has 0 unspecified atom stereocenters. The summed E-state index contributed by atoms with van der Waals surface area (Å²) >= 11 is 12.1.